The van der Waals surface area contributed by atoms with E-state index in [4.69, 9.17) is 6.42 Å². The van der Waals surface area contributed by atoms with Gasteiger partial charge in [-0.2, -0.15) is 8.42 Å². The first-order valence-electron chi connectivity index (χ1n) is 2.38. The van der Waals surface area contributed by atoms with Crippen molar-refractivity contribution in [1.29, 1.82) is 0 Å². The Morgan fingerprint density at radius 3 is 2.70 bits per heavy atom. The summed E-state index contributed by atoms with van der Waals surface area (Å²) in [4.78, 5) is 6.03. The van der Waals surface area contributed by atoms with Crippen molar-refractivity contribution in [3.05, 3.63) is 0 Å². The average Bonchev–Trinajstić information content (AvgIpc) is 1.89. The molecule has 0 aliphatic rings. The van der Waals surface area contributed by atoms with Crippen LogP contribution in [0.25, 0.3) is 0 Å². The number of rotatable bonds is 4. The molecule has 0 aliphatic heterocycles. The van der Waals surface area contributed by atoms with Crippen molar-refractivity contribution in [3.63, 3.8) is 0 Å². The van der Waals surface area contributed by atoms with E-state index in [1.54, 1.807) is 4.89 Å². The van der Waals surface area contributed by atoms with Crippen molar-refractivity contribution in [2.45, 2.75) is 0 Å². The monoisotopic (exact) mass is 164 g/mol. The molecule has 0 heterocycles. The molecule has 0 aliphatic carbocycles. The van der Waals surface area contributed by atoms with Gasteiger partial charge in [-0.1, -0.05) is 10.8 Å². The second-order valence-corrected chi connectivity index (χ2v) is 2.87. The minimum absolute atomic E-state index is 0.0963. The third-order valence-electron chi connectivity index (χ3n) is 0.593. The molecule has 0 fully saturated rings. The van der Waals surface area contributed by atoms with Crippen LogP contribution in [0.4, 0.5) is 0 Å². The molecule has 0 aromatic heterocycles. The Kier molecular flexibility index (Phi) is 3.99. The zero-order valence-electron chi connectivity index (χ0n) is 5.42. The van der Waals surface area contributed by atoms with E-state index < -0.39 is 10.2 Å². The molecule has 5 nitrogen and oxygen atoms in total. The highest BCUT2D eigenvalue weighted by atomic mass is 32.2. The summed E-state index contributed by atoms with van der Waals surface area (Å²) >= 11 is 0. The van der Waals surface area contributed by atoms with Crippen molar-refractivity contribution >= 4 is 10.2 Å². The molecule has 0 aromatic carbocycles. The van der Waals surface area contributed by atoms with Gasteiger partial charge in [-0.15, -0.1) is 6.42 Å². The van der Waals surface area contributed by atoms with Crippen molar-refractivity contribution in [2.24, 2.45) is 0 Å². The quantitative estimate of drug-likeness (QED) is 0.305. The van der Waals surface area contributed by atoms with Gasteiger partial charge in [0.15, 0.2) is 0 Å². The maximum absolute atomic E-state index is 10.5. The fourth-order valence-electron chi connectivity index (χ4n) is 0.190. The summed E-state index contributed by atoms with van der Waals surface area (Å²) < 4.78 is 22.9. The summed E-state index contributed by atoms with van der Waals surface area (Å²) in [6.45, 7) is -0.0963. The standard InChI is InChI=1S/C4H8N2O3S/c1-3-4-9-6-10(7,8)5-2/h1,5-6H,4H2,2H3. The van der Waals surface area contributed by atoms with Gasteiger partial charge >= 0.3 is 0 Å². The van der Waals surface area contributed by atoms with Gasteiger partial charge in [0.05, 0.1) is 0 Å². The van der Waals surface area contributed by atoms with Crippen LogP contribution in [0.5, 0.6) is 0 Å². The highest BCUT2D eigenvalue weighted by Gasteiger charge is 2.02. The normalized spacial score (nSPS) is 10.8. The van der Waals surface area contributed by atoms with Gasteiger partial charge in [0.1, 0.15) is 6.61 Å². The van der Waals surface area contributed by atoms with E-state index in [1.165, 1.54) is 7.05 Å². The maximum atomic E-state index is 10.5. The van der Waals surface area contributed by atoms with E-state index >= 15 is 0 Å². The Morgan fingerprint density at radius 1 is 1.70 bits per heavy atom. The molecule has 6 heteroatoms. The molecule has 0 radical (unpaired) electrons. The van der Waals surface area contributed by atoms with Gasteiger partial charge in [0.2, 0.25) is 0 Å². The molecule has 0 spiro atoms. The zero-order valence-corrected chi connectivity index (χ0v) is 6.23. The lowest BCUT2D eigenvalue weighted by Gasteiger charge is -2.01. The highest BCUT2D eigenvalue weighted by molar-refractivity contribution is 7.87. The van der Waals surface area contributed by atoms with Crippen molar-refractivity contribution in [3.8, 4) is 12.3 Å². The topological polar surface area (TPSA) is 67.4 Å². The van der Waals surface area contributed by atoms with Gasteiger partial charge < -0.3 is 0 Å². The molecule has 0 saturated carbocycles. The Bertz CT molecular complexity index is 215. The predicted molar refractivity (Wildman–Crippen MR) is 35.9 cm³/mol. The third-order valence-corrected chi connectivity index (χ3v) is 1.47. The molecule has 0 unspecified atom stereocenters. The van der Waals surface area contributed by atoms with Crippen LogP contribution in [0.3, 0.4) is 0 Å². The van der Waals surface area contributed by atoms with Crippen LogP contribution in [0.15, 0.2) is 0 Å². The van der Waals surface area contributed by atoms with Crippen LogP contribution in [-0.4, -0.2) is 22.1 Å². The van der Waals surface area contributed by atoms with E-state index in [2.05, 4.69) is 10.8 Å². The molecule has 0 aromatic rings. The van der Waals surface area contributed by atoms with Crippen LogP contribution in [0, 0.1) is 12.3 Å². The maximum Gasteiger partial charge on any atom is 0.298 e. The first-order valence-corrected chi connectivity index (χ1v) is 3.86. The molecule has 58 valence electrons. The Morgan fingerprint density at radius 2 is 2.30 bits per heavy atom. The second kappa shape index (κ2) is 4.24. The average molecular weight is 164 g/mol. The lowest BCUT2D eigenvalue weighted by Crippen LogP contribution is -2.34. The Hall–Kier alpha value is -0.610. The molecule has 2 N–H and O–H groups in total. The van der Waals surface area contributed by atoms with Crippen molar-refractivity contribution in [2.75, 3.05) is 13.7 Å². The molecule has 0 saturated heterocycles. The molecule has 0 bridgehead atoms. The number of hydrogen-bond donors (Lipinski definition) is 2. The highest BCUT2D eigenvalue weighted by Crippen LogP contribution is 1.72. The lowest BCUT2D eigenvalue weighted by atomic mass is 10.8. The lowest BCUT2D eigenvalue weighted by molar-refractivity contribution is 0.123. The summed E-state index contributed by atoms with van der Waals surface area (Å²) in [6, 6.07) is 0. The first kappa shape index (κ1) is 9.39. The van der Waals surface area contributed by atoms with Gasteiger partial charge in [0.25, 0.3) is 10.2 Å². The summed E-state index contributed by atoms with van der Waals surface area (Å²) in [5.41, 5.74) is 0. The fourth-order valence-corrected chi connectivity index (χ4v) is 0.488. The van der Waals surface area contributed by atoms with Crippen LogP contribution in [-0.2, 0) is 15.0 Å². The summed E-state index contributed by atoms with van der Waals surface area (Å²) in [6.07, 6.45) is 4.77. The third kappa shape index (κ3) is 4.29. The van der Waals surface area contributed by atoms with E-state index in [0.29, 0.717) is 0 Å². The second-order valence-electron chi connectivity index (χ2n) is 1.28. The van der Waals surface area contributed by atoms with E-state index in [9.17, 15) is 8.42 Å². The predicted octanol–water partition coefficient (Wildman–Crippen LogP) is -1.39. The van der Waals surface area contributed by atoms with Gasteiger partial charge in [-0.3, -0.25) is 4.84 Å². The minimum atomic E-state index is -3.51. The summed E-state index contributed by atoms with van der Waals surface area (Å²) in [5.74, 6) is 2.09. The number of hydrogen-bond acceptors (Lipinski definition) is 3. The number of nitrogens with one attached hydrogen (secondary N) is 2. The molecule has 0 atom stereocenters. The molecule has 10 heavy (non-hydrogen) atoms. The largest absolute Gasteiger partial charge is 0.298 e. The summed E-state index contributed by atoms with van der Waals surface area (Å²) in [5, 5.41) is 0. The van der Waals surface area contributed by atoms with Crippen molar-refractivity contribution < 1.29 is 13.3 Å². The van der Waals surface area contributed by atoms with Crippen LogP contribution in [0.2, 0.25) is 0 Å². The molecule has 0 rings (SSSR count). The first-order chi connectivity index (χ1) is 4.62. The van der Waals surface area contributed by atoms with Crippen molar-refractivity contribution in [1.82, 2.24) is 9.61 Å². The van der Waals surface area contributed by atoms with Crippen LogP contribution in [0.1, 0.15) is 0 Å². The van der Waals surface area contributed by atoms with Gasteiger partial charge in [-0.25, -0.2) is 4.72 Å². The zero-order chi connectivity index (χ0) is 8.04. The van der Waals surface area contributed by atoms with E-state index in [0.717, 1.165) is 0 Å². The number of terminal acetylenes is 1. The summed E-state index contributed by atoms with van der Waals surface area (Å²) in [7, 11) is -2.26. The Balaban J connectivity index is 3.61. The van der Waals surface area contributed by atoms with Crippen LogP contribution < -0.4 is 9.61 Å². The Labute approximate surface area is 59.9 Å². The van der Waals surface area contributed by atoms with Gasteiger partial charge in [0, 0.05) is 7.05 Å². The SMILES string of the molecule is C#CCONS(=O)(=O)NC. The van der Waals surface area contributed by atoms with Crippen LogP contribution >= 0.6 is 0 Å². The molecular formula is C4H8N2O3S. The minimum Gasteiger partial charge on any atom is -0.273 e. The molecular weight excluding hydrogens is 156 g/mol. The molecule has 0 amide bonds. The smallest absolute Gasteiger partial charge is 0.273 e. The van der Waals surface area contributed by atoms with E-state index in [1.807, 2.05) is 4.72 Å². The van der Waals surface area contributed by atoms with Gasteiger partial charge in [-0.05, 0) is 0 Å². The van der Waals surface area contributed by atoms with E-state index in [-0.39, 0.29) is 6.61 Å². The fraction of sp³-hybridized carbons (Fsp3) is 0.500.